The number of aliphatic hydroxyl groups excluding tert-OH is 27. The highest BCUT2D eigenvalue weighted by Gasteiger charge is 2.63. The third-order valence-electron chi connectivity index (χ3n) is 23.7. The Hall–Kier alpha value is -2.41. The second-order valence-corrected chi connectivity index (χ2v) is 31.3. The molecule has 0 radical (unpaired) electrons. The maximum absolute atomic E-state index is 13.0. The summed E-state index contributed by atoms with van der Waals surface area (Å²) in [5, 5.41) is 310. The summed E-state index contributed by atoms with van der Waals surface area (Å²) in [6, 6.07) is -1.64. The van der Waals surface area contributed by atoms with Crippen molar-refractivity contribution >= 4 is 5.97 Å². The third-order valence-corrected chi connectivity index (χ3v) is 23.7. The molecule has 49 heteroatoms. The molecule has 10 heterocycles. The number of hydrogen-bond acceptors (Lipinski definition) is 48. The molecular formula is C68H117NO48. The molecule has 49 nitrogen and oxygen atoms in total. The van der Waals surface area contributed by atoms with Gasteiger partial charge >= 0.3 is 5.97 Å². The number of aliphatic carboxylic acids is 1. The SMILES string of the molecule is CC1C(O)[C@H](O[C@@H]2OC(CO)[C@H](O)C(O[C@]3(C(=O)O)C[C@@H](O)[C@@H](N)C([C@H](O)[C@H](O)CO)O3)C2O)[C@H](CO)O[C@H]1O[C@@H]1C(O)[C@H](O)C(CO)O[C@@H]1OCC1O[C@@H](O[C@@H]2C(CO)O[C@@H](O[C@@H]3C(CO)O[C@@H](C)[C@@H](C)C3O)[C@@H](C)C2O)[C@H](O)C(O[C@H]2O[C@H](CO)[C@@H](O)C(O)C2O[C@@H]2OC(CO)[C@@H](O[C@@H]3OC(CO)[C@H](O)C(O)[C@@H]3O)C(O)[C@@H]2C)[C@@H]1O. The van der Waals surface area contributed by atoms with Crippen LogP contribution in [0.3, 0.4) is 0 Å². The molecule has 0 aromatic heterocycles. The van der Waals surface area contributed by atoms with Crippen LogP contribution in [0.5, 0.6) is 0 Å². The van der Waals surface area contributed by atoms with Crippen LogP contribution in [-0.4, -0.2) is 503 Å². The van der Waals surface area contributed by atoms with Gasteiger partial charge in [0.25, 0.3) is 5.79 Å². The van der Waals surface area contributed by atoms with Crippen molar-refractivity contribution < 1.29 is 238 Å². The van der Waals surface area contributed by atoms with Crippen LogP contribution in [0.1, 0.15) is 41.0 Å². The quantitative estimate of drug-likeness (QED) is 0.0306. The Balaban J connectivity index is 0.906. The topological polar surface area (TPSA) is 785 Å². The monoisotopic (exact) mass is 1720 g/mol. The zero-order chi connectivity index (χ0) is 86.2. The van der Waals surface area contributed by atoms with E-state index in [9.17, 15) is 148 Å². The third kappa shape index (κ3) is 20.1. The van der Waals surface area contributed by atoms with Gasteiger partial charge < -0.3 is 239 Å². The molecule has 0 bridgehead atoms. The van der Waals surface area contributed by atoms with Gasteiger partial charge in [0.15, 0.2) is 50.3 Å². The molecule has 0 spiro atoms. The Morgan fingerprint density at radius 2 is 0.675 bits per heavy atom. The minimum absolute atomic E-state index is 0.554. The average Bonchev–Trinajstić information content (AvgIpc) is 0.756. The molecule has 682 valence electrons. The second-order valence-electron chi connectivity index (χ2n) is 31.3. The summed E-state index contributed by atoms with van der Waals surface area (Å²) in [5.41, 5.74) is 6.00. The van der Waals surface area contributed by atoms with Gasteiger partial charge in [-0.1, -0.05) is 27.7 Å². The number of hydrogen-bond donors (Lipinski definition) is 29. The number of ether oxygens (including phenoxy) is 19. The van der Waals surface area contributed by atoms with Gasteiger partial charge in [0.2, 0.25) is 0 Å². The molecule has 51 atom stereocenters. The fraction of sp³-hybridized carbons (Fsp3) is 0.985. The predicted molar refractivity (Wildman–Crippen MR) is 365 cm³/mol. The molecule has 10 aliphatic heterocycles. The minimum atomic E-state index is -3.15. The van der Waals surface area contributed by atoms with E-state index in [1.54, 1.807) is 13.8 Å². The molecule has 20 unspecified atom stereocenters. The van der Waals surface area contributed by atoms with Crippen LogP contribution >= 0.6 is 0 Å². The van der Waals surface area contributed by atoms with Crippen molar-refractivity contribution in [1.82, 2.24) is 0 Å². The summed E-state index contributed by atoms with van der Waals surface area (Å²) in [5.74, 6) is -9.78. The van der Waals surface area contributed by atoms with Crippen LogP contribution < -0.4 is 5.73 Å². The van der Waals surface area contributed by atoms with Crippen molar-refractivity contribution in [3.63, 3.8) is 0 Å². The summed E-state index contributed by atoms with van der Waals surface area (Å²) in [6.07, 6.45) is -86.6. The lowest BCUT2D eigenvalue weighted by atomic mass is 9.88. The maximum Gasteiger partial charge on any atom is 0.364 e. The van der Waals surface area contributed by atoms with E-state index in [0.717, 1.165) is 0 Å². The van der Waals surface area contributed by atoms with Gasteiger partial charge in [0.1, 0.15) is 189 Å². The number of aliphatic hydroxyl groups is 27. The standard InChI is InChI=1S/C68H117NO48/c1-17-21(5)100-28(12-75)50(34(17)81)109-59-18(2)35(82)52(30(14-77)105-59)111-63-48(95)55(113-66-58(46(93)41(88)26(10-73)104-66)115-61-20(4)36(83)51(29(13-76)107-61)110-62-47(94)44(91)39(86)24(8-71)101-62)43(90)32(108-63)16-99-65-57(45(92)40(87)25(9-72)103-65)114-60-19(3)37(84)53(31(15-78)106-60)112-64-49(96)56(42(89)27(11-74)102-64)117-68(67(97)98)6-22(79)33(69)54(116-68)38(85)23(80)7-70/h17-66,70-96H,6-16,69H2,1-5H3,(H,97,98)/t17-,18+,19?,20+,21+,22-,23-,24?,25?,26-,27?,28?,29?,30?,31+,32?,33-,34?,35?,36?,37?,38-,39+,40-,41-,42+,43-,44?,45?,46?,47+,48-,49?,50-,51-,52-,53-,54?,55?,56?,57-,58?,59+,60+,61+,62+,63+,64+,65+,66-,68+/m1/s1. The first kappa shape index (κ1) is 96.8. The fourth-order valence-corrected chi connectivity index (χ4v) is 16.0. The van der Waals surface area contributed by atoms with Crippen LogP contribution in [-0.2, 0) is 94.8 Å². The Morgan fingerprint density at radius 1 is 0.350 bits per heavy atom. The first-order valence-corrected chi connectivity index (χ1v) is 38.5. The molecule has 0 amide bonds. The van der Waals surface area contributed by atoms with Gasteiger partial charge in [-0.25, -0.2) is 4.79 Å². The lowest BCUT2D eigenvalue weighted by Gasteiger charge is -2.51. The first-order valence-electron chi connectivity index (χ1n) is 38.5. The first-order chi connectivity index (χ1) is 55.3. The van der Waals surface area contributed by atoms with Gasteiger partial charge in [0, 0.05) is 30.1 Å². The van der Waals surface area contributed by atoms with E-state index in [0.29, 0.717) is 0 Å². The van der Waals surface area contributed by atoms with Crippen molar-refractivity contribution in [3.8, 4) is 0 Å². The molecule has 117 heavy (non-hydrogen) atoms. The smallest absolute Gasteiger partial charge is 0.364 e. The van der Waals surface area contributed by atoms with E-state index in [-0.39, 0.29) is 0 Å². The van der Waals surface area contributed by atoms with E-state index >= 15 is 0 Å². The molecule has 10 saturated heterocycles. The Labute approximate surface area is 666 Å². The average molecular weight is 1720 g/mol. The van der Waals surface area contributed by atoms with Crippen LogP contribution in [0.25, 0.3) is 0 Å². The molecule has 0 saturated carbocycles. The van der Waals surface area contributed by atoms with E-state index in [4.69, 9.17) is 95.7 Å². The molecule has 30 N–H and O–H groups in total. The lowest BCUT2D eigenvalue weighted by Crippen LogP contribution is -2.70. The minimum Gasteiger partial charge on any atom is -0.477 e. The Kier molecular flexibility index (Phi) is 34.2. The Morgan fingerprint density at radius 3 is 1.10 bits per heavy atom. The highest BCUT2D eigenvalue weighted by atomic mass is 16.8. The number of carbonyl (C=O) groups is 1. The normalized spacial score (nSPS) is 52.1. The predicted octanol–water partition coefficient (Wildman–Crippen LogP) is -17.5. The largest absolute Gasteiger partial charge is 0.477 e. The van der Waals surface area contributed by atoms with Gasteiger partial charge in [-0.2, -0.15) is 0 Å². The van der Waals surface area contributed by atoms with E-state index < -0.39 is 390 Å². The molecule has 0 aromatic rings. The molecular weight excluding hydrogens is 1600 g/mol. The number of carboxylic acids is 1. The van der Waals surface area contributed by atoms with Crippen molar-refractivity contribution in [2.75, 3.05) is 66.1 Å². The van der Waals surface area contributed by atoms with Gasteiger partial charge in [-0.3, -0.25) is 0 Å². The Bertz CT molecular complexity index is 3020. The van der Waals surface area contributed by atoms with Crippen LogP contribution in [0, 0.1) is 23.7 Å². The zero-order valence-electron chi connectivity index (χ0n) is 63.9. The van der Waals surface area contributed by atoms with Crippen molar-refractivity contribution in [2.45, 2.75) is 329 Å². The fourth-order valence-electron chi connectivity index (χ4n) is 16.0. The van der Waals surface area contributed by atoms with Crippen molar-refractivity contribution in [1.29, 1.82) is 0 Å². The van der Waals surface area contributed by atoms with E-state index in [2.05, 4.69) is 0 Å². The van der Waals surface area contributed by atoms with Crippen LogP contribution in [0.4, 0.5) is 0 Å². The molecule has 10 fully saturated rings. The highest BCUT2D eigenvalue weighted by Crippen LogP contribution is 2.44. The summed E-state index contributed by atoms with van der Waals surface area (Å²) >= 11 is 0. The van der Waals surface area contributed by atoms with Crippen molar-refractivity contribution in [3.05, 3.63) is 0 Å². The summed E-state index contributed by atoms with van der Waals surface area (Å²) in [7, 11) is 0. The number of rotatable bonds is 31. The van der Waals surface area contributed by atoms with Gasteiger partial charge in [0.05, 0.1) is 109 Å². The number of carboxylic acid groups (broad SMARTS) is 1. The van der Waals surface area contributed by atoms with Crippen molar-refractivity contribution in [2.24, 2.45) is 29.4 Å². The lowest BCUT2D eigenvalue weighted by molar-refractivity contribution is -0.402. The highest BCUT2D eigenvalue weighted by molar-refractivity contribution is 5.76. The maximum atomic E-state index is 13.0. The molecule has 10 aliphatic rings. The summed E-state index contributed by atoms with van der Waals surface area (Å²) < 4.78 is 114. The van der Waals surface area contributed by atoms with E-state index in [1.807, 2.05) is 0 Å². The second kappa shape index (κ2) is 41.4. The molecule has 0 aromatic carbocycles. The number of nitrogens with two attached hydrogens (primary N) is 1. The van der Waals surface area contributed by atoms with Gasteiger partial charge in [-0.15, -0.1) is 0 Å². The van der Waals surface area contributed by atoms with Gasteiger partial charge in [-0.05, 0) is 6.92 Å². The van der Waals surface area contributed by atoms with E-state index in [1.165, 1.54) is 20.8 Å². The van der Waals surface area contributed by atoms with Crippen LogP contribution in [0.15, 0.2) is 0 Å². The van der Waals surface area contributed by atoms with Crippen LogP contribution in [0.2, 0.25) is 0 Å². The summed E-state index contributed by atoms with van der Waals surface area (Å²) in [6.45, 7) is -2.83. The molecule has 10 rings (SSSR count). The summed E-state index contributed by atoms with van der Waals surface area (Å²) in [4.78, 5) is 13.0. The molecule has 0 aliphatic carbocycles. The zero-order valence-corrected chi connectivity index (χ0v) is 63.9.